The fraction of sp³-hybridized carbons (Fsp3) is 0.444. The van der Waals surface area contributed by atoms with E-state index in [1.165, 1.54) is 0 Å². The molecular formula is C18H23N3O2. The summed E-state index contributed by atoms with van der Waals surface area (Å²) in [6, 6.07) is 5.31. The van der Waals surface area contributed by atoms with Crippen LogP contribution in [0.3, 0.4) is 0 Å². The number of nitrogens with one attached hydrogen (secondary N) is 1. The summed E-state index contributed by atoms with van der Waals surface area (Å²) in [6.07, 6.45) is 9.11. The third-order valence-corrected chi connectivity index (χ3v) is 4.56. The number of carbonyl (C=O) groups is 2. The van der Waals surface area contributed by atoms with Gasteiger partial charge in [-0.05, 0) is 49.8 Å². The van der Waals surface area contributed by atoms with Gasteiger partial charge in [0.15, 0.2) is 0 Å². The lowest BCUT2D eigenvalue weighted by Gasteiger charge is -2.22. The number of benzene rings is 1. The van der Waals surface area contributed by atoms with Crippen LogP contribution in [0.25, 0.3) is 0 Å². The molecular weight excluding hydrogens is 290 g/mol. The molecule has 5 heteroatoms. The molecule has 1 atom stereocenters. The first kappa shape index (κ1) is 15.6. The van der Waals surface area contributed by atoms with E-state index in [4.69, 9.17) is 5.73 Å². The molecule has 5 nitrogen and oxygen atoms in total. The van der Waals surface area contributed by atoms with Crippen LogP contribution in [0.5, 0.6) is 0 Å². The van der Waals surface area contributed by atoms with Crippen LogP contribution in [0, 0.1) is 5.92 Å². The number of nitrogens with zero attached hydrogens (tertiary/aromatic N) is 1. The summed E-state index contributed by atoms with van der Waals surface area (Å²) < 4.78 is 0. The molecule has 3 N–H and O–H groups in total. The second kappa shape index (κ2) is 6.86. The van der Waals surface area contributed by atoms with E-state index >= 15 is 0 Å². The van der Waals surface area contributed by atoms with Crippen molar-refractivity contribution >= 4 is 23.2 Å². The van der Waals surface area contributed by atoms with Crippen LogP contribution in [0.4, 0.5) is 11.4 Å². The lowest BCUT2D eigenvalue weighted by Crippen LogP contribution is -2.22. The molecule has 1 fully saturated rings. The normalized spacial score (nSPS) is 20.0. The van der Waals surface area contributed by atoms with Gasteiger partial charge in [-0.1, -0.05) is 12.2 Å². The summed E-state index contributed by atoms with van der Waals surface area (Å²) in [4.78, 5) is 26.0. The molecule has 1 aromatic carbocycles. The van der Waals surface area contributed by atoms with Crippen molar-refractivity contribution in [2.45, 2.75) is 32.1 Å². The molecule has 2 amide bonds. The average molecular weight is 313 g/mol. The van der Waals surface area contributed by atoms with Crippen LogP contribution >= 0.6 is 0 Å². The van der Waals surface area contributed by atoms with Gasteiger partial charge in [0.1, 0.15) is 0 Å². The molecule has 1 aliphatic carbocycles. The lowest BCUT2D eigenvalue weighted by atomic mass is 10.0. The molecule has 2 aliphatic rings. The van der Waals surface area contributed by atoms with Crippen molar-refractivity contribution in [1.82, 2.24) is 0 Å². The van der Waals surface area contributed by atoms with Crippen LogP contribution in [-0.4, -0.2) is 24.9 Å². The van der Waals surface area contributed by atoms with Gasteiger partial charge in [0, 0.05) is 25.1 Å². The van der Waals surface area contributed by atoms with Gasteiger partial charge in [0.05, 0.1) is 11.4 Å². The topological polar surface area (TPSA) is 75.4 Å². The predicted molar refractivity (Wildman–Crippen MR) is 91.5 cm³/mol. The van der Waals surface area contributed by atoms with Crippen molar-refractivity contribution in [1.29, 1.82) is 0 Å². The molecule has 0 radical (unpaired) electrons. The molecule has 23 heavy (non-hydrogen) atoms. The molecule has 1 heterocycles. The first-order valence-corrected chi connectivity index (χ1v) is 8.29. The van der Waals surface area contributed by atoms with E-state index < -0.39 is 5.91 Å². The standard InChI is InChI=1S/C18H23N3O2/c19-18(23)14-7-8-16(21-9-3-4-10-21)15(12-14)20-17(22)11-13-5-1-2-6-13/h1,5,7-8,12-13H,2-4,6,9-11H2,(H2,19,23)(H,20,22)/t13-/m1/s1. The third kappa shape index (κ3) is 3.73. The maximum Gasteiger partial charge on any atom is 0.248 e. The minimum atomic E-state index is -0.479. The first-order valence-electron chi connectivity index (χ1n) is 8.29. The highest BCUT2D eigenvalue weighted by Gasteiger charge is 2.20. The van der Waals surface area contributed by atoms with Crippen molar-refractivity contribution in [2.24, 2.45) is 11.7 Å². The minimum absolute atomic E-state index is 0.0105. The Kier molecular flexibility index (Phi) is 4.65. The number of rotatable bonds is 5. The quantitative estimate of drug-likeness (QED) is 0.821. The highest BCUT2D eigenvalue weighted by molar-refractivity contribution is 5.99. The number of hydrogen-bond acceptors (Lipinski definition) is 3. The van der Waals surface area contributed by atoms with Crippen molar-refractivity contribution in [2.75, 3.05) is 23.3 Å². The monoisotopic (exact) mass is 313 g/mol. The van der Waals surface area contributed by atoms with Crippen LogP contribution in [0.2, 0.25) is 0 Å². The molecule has 0 bridgehead atoms. The summed E-state index contributed by atoms with van der Waals surface area (Å²) in [5.41, 5.74) is 7.46. The van der Waals surface area contributed by atoms with Gasteiger partial charge < -0.3 is 16.0 Å². The van der Waals surface area contributed by atoms with E-state index in [1.807, 2.05) is 6.07 Å². The first-order chi connectivity index (χ1) is 11.1. The van der Waals surface area contributed by atoms with Gasteiger partial charge >= 0.3 is 0 Å². The Labute approximate surface area is 136 Å². The highest BCUT2D eigenvalue weighted by Crippen LogP contribution is 2.31. The summed E-state index contributed by atoms with van der Waals surface area (Å²) in [5.74, 6) is -0.166. The van der Waals surface area contributed by atoms with Crippen molar-refractivity contribution in [3.05, 3.63) is 35.9 Å². The molecule has 0 aromatic heterocycles. The Hall–Kier alpha value is -2.30. The molecule has 3 rings (SSSR count). The van der Waals surface area contributed by atoms with Gasteiger partial charge in [0.2, 0.25) is 11.8 Å². The number of allylic oxidation sites excluding steroid dienone is 2. The number of anilines is 2. The smallest absolute Gasteiger partial charge is 0.248 e. The second-order valence-corrected chi connectivity index (χ2v) is 6.31. The van der Waals surface area contributed by atoms with E-state index in [0.717, 1.165) is 44.5 Å². The summed E-state index contributed by atoms with van der Waals surface area (Å²) in [7, 11) is 0. The van der Waals surface area contributed by atoms with E-state index in [9.17, 15) is 9.59 Å². The second-order valence-electron chi connectivity index (χ2n) is 6.31. The maximum absolute atomic E-state index is 12.3. The SMILES string of the molecule is NC(=O)c1ccc(N2CCCC2)c(NC(=O)C[C@@H]2C=CCC2)c1. The van der Waals surface area contributed by atoms with Gasteiger partial charge in [-0.3, -0.25) is 9.59 Å². The van der Waals surface area contributed by atoms with E-state index in [1.54, 1.807) is 12.1 Å². The Balaban J connectivity index is 1.79. The Morgan fingerprint density at radius 2 is 2.04 bits per heavy atom. The number of hydrogen-bond donors (Lipinski definition) is 2. The largest absolute Gasteiger partial charge is 0.370 e. The van der Waals surface area contributed by atoms with Crippen LogP contribution < -0.4 is 16.0 Å². The molecule has 0 spiro atoms. The van der Waals surface area contributed by atoms with E-state index in [0.29, 0.717) is 23.6 Å². The van der Waals surface area contributed by atoms with Gasteiger partial charge in [-0.25, -0.2) is 0 Å². The Bertz CT molecular complexity index is 633. The summed E-state index contributed by atoms with van der Waals surface area (Å²) in [6.45, 7) is 1.95. The van der Waals surface area contributed by atoms with Crippen LogP contribution in [0.1, 0.15) is 42.5 Å². The maximum atomic E-state index is 12.3. The minimum Gasteiger partial charge on any atom is -0.370 e. The summed E-state index contributed by atoms with van der Waals surface area (Å²) >= 11 is 0. The highest BCUT2D eigenvalue weighted by atomic mass is 16.2. The number of primary amides is 1. The fourth-order valence-electron chi connectivity index (χ4n) is 3.33. The zero-order valence-electron chi connectivity index (χ0n) is 13.3. The Morgan fingerprint density at radius 3 is 2.70 bits per heavy atom. The van der Waals surface area contributed by atoms with Crippen molar-refractivity contribution in [3.63, 3.8) is 0 Å². The molecule has 122 valence electrons. The predicted octanol–water partition coefficient (Wildman–Crippen LogP) is 2.68. The number of amides is 2. The number of carbonyl (C=O) groups excluding carboxylic acids is 2. The Morgan fingerprint density at radius 1 is 1.26 bits per heavy atom. The van der Waals surface area contributed by atoms with Gasteiger partial charge in [0.25, 0.3) is 0 Å². The average Bonchev–Trinajstić information content (AvgIpc) is 3.20. The third-order valence-electron chi connectivity index (χ3n) is 4.56. The van der Waals surface area contributed by atoms with Crippen LogP contribution in [0.15, 0.2) is 30.4 Å². The fourth-order valence-corrected chi connectivity index (χ4v) is 3.33. The molecule has 1 aromatic rings. The zero-order valence-corrected chi connectivity index (χ0v) is 13.3. The van der Waals surface area contributed by atoms with Gasteiger partial charge in [-0.15, -0.1) is 0 Å². The molecule has 0 saturated carbocycles. The molecule has 1 aliphatic heterocycles. The zero-order chi connectivity index (χ0) is 16.2. The lowest BCUT2D eigenvalue weighted by molar-refractivity contribution is -0.116. The molecule has 0 unspecified atom stereocenters. The van der Waals surface area contributed by atoms with Crippen molar-refractivity contribution < 1.29 is 9.59 Å². The summed E-state index contributed by atoms with van der Waals surface area (Å²) in [5, 5.41) is 2.99. The van der Waals surface area contributed by atoms with Gasteiger partial charge in [-0.2, -0.15) is 0 Å². The number of nitrogens with two attached hydrogens (primary N) is 1. The molecule has 1 saturated heterocycles. The van der Waals surface area contributed by atoms with E-state index in [-0.39, 0.29) is 5.91 Å². The van der Waals surface area contributed by atoms with E-state index in [2.05, 4.69) is 22.4 Å². The van der Waals surface area contributed by atoms with Crippen molar-refractivity contribution in [3.8, 4) is 0 Å². The van der Waals surface area contributed by atoms with Crippen LogP contribution in [-0.2, 0) is 4.79 Å².